The lowest BCUT2D eigenvalue weighted by molar-refractivity contribution is 0.0573. The number of fused-ring (bicyclic) bond motifs is 2. The highest BCUT2D eigenvalue weighted by Gasteiger charge is 2.30. The second-order valence-corrected chi connectivity index (χ2v) is 18.4. The van der Waals surface area contributed by atoms with Crippen LogP contribution in [0.3, 0.4) is 0 Å². The van der Waals surface area contributed by atoms with E-state index < -0.39 is 11.2 Å². The average Bonchev–Trinajstić information content (AvgIpc) is 3.92. The molecule has 9 heteroatoms. The van der Waals surface area contributed by atoms with Gasteiger partial charge in [-0.1, -0.05) is 109 Å². The Labute approximate surface area is 385 Å². The van der Waals surface area contributed by atoms with Crippen molar-refractivity contribution in [1.29, 1.82) is 0 Å². The Balaban J connectivity index is 0.000000178. The number of anilines is 2. The van der Waals surface area contributed by atoms with Crippen LogP contribution in [0.25, 0.3) is 0 Å². The molecule has 0 spiro atoms. The molecule has 2 heterocycles. The van der Waals surface area contributed by atoms with Crippen molar-refractivity contribution in [2.75, 3.05) is 22.9 Å². The largest absolute Gasteiger partial charge is 0.508 e. The molecule has 65 heavy (non-hydrogen) atoms. The molecule has 0 unspecified atom stereocenters. The molecule has 8 rings (SSSR count). The highest BCUT2D eigenvalue weighted by atomic mass is 16.6. The smallest absolute Gasteiger partial charge is 0.414 e. The number of amides is 2. The maximum absolute atomic E-state index is 12.4. The van der Waals surface area contributed by atoms with Gasteiger partial charge in [0.1, 0.15) is 29.3 Å². The van der Waals surface area contributed by atoms with Crippen LogP contribution in [0.4, 0.5) is 21.0 Å². The topological polar surface area (TPSA) is 109 Å². The van der Waals surface area contributed by atoms with E-state index in [4.69, 9.17) is 19.3 Å². The van der Waals surface area contributed by atoms with Gasteiger partial charge in [0.2, 0.25) is 0 Å². The molecule has 340 valence electrons. The number of nitrogens with zero attached hydrogens (tertiary/aromatic N) is 2. The quantitative estimate of drug-likeness (QED) is 0.141. The van der Waals surface area contributed by atoms with Crippen LogP contribution in [-0.2, 0) is 61.2 Å². The maximum Gasteiger partial charge on any atom is 0.414 e. The predicted octanol–water partition coefficient (Wildman–Crippen LogP) is 12.0. The van der Waals surface area contributed by atoms with Crippen molar-refractivity contribution < 1.29 is 34.0 Å². The molecule has 6 aromatic rings. The van der Waals surface area contributed by atoms with Crippen LogP contribution >= 0.6 is 0 Å². The number of phenolic OH excluding ortho intramolecular Hbond substituents is 1. The van der Waals surface area contributed by atoms with Crippen molar-refractivity contribution in [3.63, 3.8) is 0 Å². The number of aryl methyl sites for hydroxylation is 4. The number of carbonyl (C=O) groups is 2. The van der Waals surface area contributed by atoms with Crippen molar-refractivity contribution in [3.05, 3.63) is 190 Å². The summed E-state index contributed by atoms with van der Waals surface area (Å²) in [6.45, 7) is 13.1. The summed E-state index contributed by atoms with van der Waals surface area (Å²) in [6, 6.07) is 48.8. The van der Waals surface area contributed by atoms with E-state index in [2.05, 4.69) is 91.0 Å². The lowest BCUT2D eigenvalue weighted by Gasteiger charge is -2.24. The number of aromatic hydroxyl groups is 1. The Morgan fingerprint density at radius 1 is 0.508 bits per heavy atom. The number of rotatable bonds is 10. The third-order valence-corrected chi connectivity index (χ3v) is 10.9. The first-order chi connectivity index (χ1) is 31.1. The molecule has 2 aliphatic rings. The summed E-state index contributed by atoms with van der Waals surface area (Å²) in [7, 11) is 0. The van der Waals surface area contributed by atoms with Gasteiger partial charge >= 0.3 is 12.2 Å². The molecular formula is C56H64N2O7. The molecule has 0 atom stereocenters. The molecule has 9 nitrogen and oxygen atoms in total. The normalized spacial score (nSPS) is 12.8. The highest BCUT2D eigenvalue weighted by molar-refractivity contribution is 5.91. The average molecular weight is 877 g/mol. The summed E-state index contributed by atoms with van der Waals surface area (Å²) in [4.78, 5) is 27.7. The van der Waals surface area contributed by atoms with Crippen molar-refractivity contribution in [3.8, 4) is 11.5 Å². The molecule has 0 fully saturated rings. The molecule has 0 bridgehead atoms. The molecule has 2 N–H and O–H groups in total. The first kappa shape index (κ1) is 47.9. The number of aliphatic hydroxyl groups excluding tert-OH is 1. The van der Waals surface area contributed by atoms with Crippen LogP contribution in [0.1, 0.15) is 86.1 Å². The number of ether oxygens (including phenoxy) is 3. The minimum atomic E-state index is -0.500. The molecule has 0 radical (unpaired) electrons. The van der Waals surface area contributed by atoms with Gasteiger partial charge in [0.25, 0.3) is 0 Å². The van der Waals surface area contributed by atoms with Crippen LogP contribution in [-0.4, -0.2) is 46.7 Å². The maximum atomic E-state index is 12.4. The van der Waals surface area contributed by atoms with Gasteiger partial charge in [0.15, 0.2) is 0 Å². The molecule has 0 aromatic heterocycles. The van der Waals surface area contributed by atoms with Crippen LogP contribution in [0.5, 0.6) is 11.5 Å². The van der Waals surface area contributed by atoms with Gasteiger partial charge in [-0.2, -0.15) is 0 Å². The molecule has 0 saturated heterocycles. The van der Waals surface area contributed by atoms with Gasteiger partial charge in [-0.3, -0.25) is 9.80 Å². The monoisotopic (exact) mass is 876 g/mol. The van der Waals surface area contributed by atoms with Crippen LogP contribution in [0.2, 0.25) is 0 Å². The fraction of sp³-hybridized carbons (Fsp3) is 0.321. The van der Waals surface area contributed by atoms with Gasteiger partial charge in [0.05, 0.1) is 18.0 Å². The number of benzene rings is 6. The van der Waals surface area contributed by atoms with Gasteiger partial charge in [-0.15, -0.1) is 0 Å². The Kier molecular flexibility index (Phi) is 16.5. The highest BCUT2D eigenvalue weighted by Crippen LogP contribution is 2.34. The fourth-order valence-corrected chi connectivity index (χ4v) is 7.52. The van der Waals surface area contributed by atoms with Crippen LogP contribution in [0, 0.1) is 0 Å². The SMILES string of the molecule is CC(C)(C)OC(=O)N1CCc2cc(O)ccc21.CC(C)(C)OC(=O)N1CCc2cc(OCc3ccc(CCc4ccccc4)cc3)ccc21.OCc1ccc(CCc2ccccc2)cc1. The summed E-state index contributed by atoms with van der Waals surface area (Å²) in [5, 5.41) is 18.3. The summed E-state index contributed by atoms with van der Waals surface area (Å²) in [5.41, 5.74) is 10.4. The lowest BCUT2D eigenvalue weighted by Crippen LogP contribution is -2.35. The second kappa shape index (κ2) is 22.4. The first-order valence-corrected chi connectivity index (χ1v) is 22.6. The predicted molar refractivity (Wildman–Crippen MR) is 260 cm³/mol. The van der Waals surface area contributed by atoms with E-state index in [0.717, 1.165) is 77.9 Å². The van der Waals surface area contributed by atoms with Gasteiger partial charge in [-0.05, 0) is 161 Å². The Hall–Kier alpha value is -6.58. The zero-order valence-corrected chi connectivity index (χ0v) is 38.8. The number of carbonyl (C=O) groups excluding carboxylic acids is 2. The minimum absolute atomic E-state index is 0.124. The number of hydrogen-bond acceptors (Lipinski definition) is 7. The van der Waals surface area contributed by atoms with Crippen molar-refractivity contribution >= 4 is 23.6 Å². The molecule has 2 aliphatic heterocycles. The van der Waals surface area contributed by atoms with Crippen molar-refractivity contribution in [2.45, 2.75) is 104 Å². The van der Waals surface area contributed by atoms with E-state index in [1.165, 1.54) is 22.3 Å². The fourth-order valence-electron chi connectivity index (χ4n) is 7.52. The van der Waals surface area contributed by atoms with E-state index in [9.17, 15) is 14.7 Å². The van der Waals surface area contributed by atoms with Crippen LogP contribution < -0.4 is 14.5 Å². The Morgan fingerprint density at radius 3 is 1.35 bits per heavy atom. The molecular weight excluding hydrogens is 813 g/mol. The lowest BCUT2D eigenvalue weighted by atomic mass is 10.0. The first-order valence-electron chi connectivity index (χ1n) is 22.6. The number of aliphatic hydroxyl groups is 1. The van der Waals surface area contributed by atoms with E-state index in [1.54, 1.807) is 28.0 Å². The van der Waals surface area contributed by atoms with Crippen molar-refractivity contribution in [2.24, 2.45) is 0 Å². The van der Waals surface area contributed by atoms with Gasteiger partial charge < -0.3 is 24.4 Å². The van der Waals surface area contributed by atoms with Gasteiger partial charge in [-0.25, -0.2) is 9.59 Å². The van der Waals surface area contributed by atoms with E-state index in [-0.39, 0.29) is 24.5 Å². The van der Waals surface area contributed by atoms with Crippen LogP contribution in [0.15, 0.2) is 146 Å². The minimum Gasteiger partial charge on any atom is -0.508 e. The Morgan fingerprint density at radius 2 is 0.908 bits per heavy atom. The summed E-state index contributed by atoms with van der Waals surface area (Å²) in [6.07, 6.45) is 5.13. The standard InChI is InChI=1S/C28H31NO3.C15H16O.C13H17NO3/c1-28(2,3)32-27(30)29-18-17-24-19-25(15-16-26(24)29)31-20-23-13-11-22(12-14-23)10-9-21-7-5-4-6-8-21;16-12-15-10-8-14(9-11-15)7-6-13-4-2-1-3-5-13;1-13(2,3)17-12(16)14-7-6-9-8-10(15)4-5-11(9)14/h4-8,11-16,19H,9-10,17-18,20H2,1-3H3;1-5,8-11,16H,6-7,12H2;4-5,8,15H,6-7H2,1-3H3. The van der Waals surface area contributed by atoms with Gasteiger partial charge in [0, 0.05) is 13.1 Å². The zero-order valence-electron chi connectivity index (χ0n) is 38.8. The Bertz CT molecular complexity index is 2440. The third kappa shape index (κ3) is 15.0. The summed E-state index contributed by atoms with van der Waals surface area (Å²) < 4.78 is 16.9. The van der Waals surface area contributed by atoms with Crippen molar-refractivity contribution in [1.82, 2.24) is 0 Å². The molecule has 2 amide bonds. The van der Waals surface area contributed by atoms with E-state index >= 15 is 0 Å². The molecule has 6 aromatic carbocycles. The van der Waals surface area contributed by atoms with E-state index in [1.807, 2.05) is 77.9 Å². The number of phenols is 1. The molecule has 0 aliphatic carbocycles. The molecule has 0 saturated carbocycles. The second-order valence-electron chi connectivity index (χ2n) is 18.4. The number of hydrogen-bond donors (Lipinski definition) is 2. The van der Waals surface area contributed by atoms with E-state index in [0.29, 0.717) is 19.7 Å². The zero-order chi connectivity index (χ0) is 46.4. The summed E-state index contributed by atoms with van der Waals surface area (Å²) in [5.74, 6) is 1.05. The third-order valence-electron chi connectivity index (χ3n) is 10.9. The summed E-state index contributed by atoms with van der Waals surface area (Å²) >= 11 is 0.